The molecule has 2 aromatic carbocycles. The number of hydrogen-bond acceptors (Lipinski definition) is 6. The molecule has 1 unspecified atom stereocenters. The van der Waals surface area contributed by atoms with Gasteiger partial charge >= 0.3 is 0 Å². The Hall–Kier alpha value is -3.52. The van der Waals surface area contributed by atoms with Gasteiger partial charge in [-0.15, -0.1) is 0 Å². The Morgan fingerprint density at radius 1 is 1.20 bits per heavy atom. The molecule has 0 aliphatic carbocycles. The maximum Gasteiger partial charge on any atom is 0.236 e. The van der Waals surface area contributed by atoms with Crippen LogP contribution < -0.4 is 10.5 Å². The number of pyridine rings is 1. The molecule has 1 aliphatic rings. The molecule has 4 rings (SSSR count). The predicted octanol–water partition coefficient (Wildman–Crippen LogP) is 5.07. The van der Waals surface area contributed by atoms with Gasteiger partial charge < -0.3 is 15.2 Å². The third-order valence-corrected chi connectivity index (χ3v) is 5.68. The Kier molecular flexibility index (Phi) is 5.85. The van der Waals surface area contributed by atoms with Crippen molar-refractivity contribution in [2.24, 2.45) is 0 Å². The number of ether oxygens (including phenoxy) is 2. The Balaban J connectivity index is 1.74. The van der Waals surface area contributed by atoms with Crippen LogP contribution in [0.25, 0.3) is 16.0 Å². The van der Waals surface area contributed by atoms with Crippen molar-refractivity contribution in [2.75, 3.05) is 18.9 Å². The molecule has 3 aromatic rings. The maximum atomic E-state index is 9.91. The Morgan fingerprint density at radius 3 is 2.60 bits per heavy atom. The summed E-state index contributed by atoms with van der Waals surface area (Å²) in [6.07, 6.45) is 0.915. The quantitative estimate of drug-likeness (QED) is 0.587. The lowest BCUT2D eigenvalue weighted by molar-refractivity contribution is 0.141. The number of nitrogens with zero attached hydrogens (tertiary/aromatic N) is 3. The summed E-state index contributed by atoms with van der Waals surface area (Å²) in [5.41, 5.74) is 7.83. The first-order chi connectivity index (χ1) is 14.7. The van der Waals surface area contributed by atoms with Gasteiger partial charge in [0, 0.05) is 16.9 Å². The zero-order valence-electron chi connectivity index (χ0n) is 16.0. The molecule has 2 heterocycles. The standard InChI is InChI=1S/C23H18N4O2S/c1-26-21-20(15-7-9-16(10-8-15)29-17-11-12-28-14-17)19(13-24)23(27-22(21)25)30-18-5-3-2-4-6-18/h2-10,17H,11-12,14H2,(H2,25,27). The minimum atomic E-state index is 0.0507. The van der Waals surface area contributed by atoms with Crippen LogP contribution in [0.15, 0.2) is 64.5 Å². The van der Waals surface area contributed by atoms with Gasteiger partial charge in [0.2, 0.25) is 5.69 Å². The van der Waals surface area contributed by atoms with E-state index in [1.54, 1.807) is 0 Å². The highest BCUT2D eigenvalue weighted by Crippen LogP contribution is 2.43. The van der Waals surface area contributed by atoms with Crippen molar-refractivity contribution >= 4 is 23.3 Å². The Morgan fingerprint density at radius 2 is 1.97 bits per heavy atom. The van der Waals surface area contributed by atoms with E-state index in [1.165, 1.54) is 11.8 Å². The average molecular weight is 414 g/mol. The highest BCUT2D eigenvalue weighted by Gasteiger charge is 2.22. The number of nitrogens with two attached hydrogens (primary N) is 1. The number of anilines is 1. The molecule has 6 nitrogen and oxygen atoms in total. The molecule has 1 fully saturated rings. The van der Waals surface area contributed by atoms with E-state index in [9.17, 15) is 5.26 Å². The molecule has 0 saturated carbocycles. The lowest BCUT2D eigenvalue weighted by Gasteiger charge is -2.15. The van der Waals surface area contributed by atoms with Crippen molar-refractivity contribution in [3.05, 3.63) is 71.6 Å². The number of nitriles is 1. The van der Waals surface area contributed by atoms with Crippen molar-refractivity contribution in [1.82, 2.24) is 4.98 Å². The largest absolute Gasteiger partial charge is 0.488 e. The van der Waals surface area contributed by atoms with Gasteiger partial charge in [0.15, 0.2) is 0 Å². The van der Waals surface area contributed by atoms with E-state index in [-0.39, 0.29) is 17.6 Å². The van der Waals surface area contributed by atoms with Gasteiger partial charge in [-0.05, 0) is 29.8 Å². The normalized spacial score (nSPS) is 15.3. The molecular weight excluding hydrogens is 396 g/mol. The summed E-state index contributed by atoms with van der Waals surface area (Å²) in [5.74, 6) is 0.832. The monoisotopic (exact) mass is 414 g/mol. The Bertz CT molecular complexity index is 1130. The number of rotatable bonds is 5. The summed E-state index contributed by atoms with van der Waals surface area (Å²) in [6.45, 7) is 8.88. The van der Waals surface area contributed by atoms with Crippen LogP contribution in [0.3, 0.4) is 0 Å². The summed E-state index contributed by atoms with van der Waals surface area (Å²) >= 11 is 1.35. The van der Waals surface area contributed by atoms with E-state index in [2.05, 4.69) is 15.9 Å². The summed E-state index contributed by atoms with van der Waals surface area (Å²) in [6, 6.07) is 19.2. The number of nitrogen functional groups attached to an aromatic ring is 1. The summed E-state index contributed by atoms with van der Waals surface area (Å²) in [4.78, 5) is 8.85. The summed E-state index contributed by atoms with van der Waals surface area (Å²) < 4.78 is 11.3. The average Bonchev–Trinajstić information content (AvgIpc) is 3.28. The molecule has 1 atom stereocenters. The van der Waals surface area contributed by atoms with Gasteiger partial charge in [0.05, 0.1) is 25.3 Å². The van der Waals surface area contributed by atoms with Crippen LogP contribution in [0, 0.1) is 17.9 Å². The number of aromatic nitrogens is 1. The summed E-state index contributed by atoms with van der Waals surface area (Å²) in [7, 11) is 0. The van der Waals surface area contributed by atoms with Crippen molar-refractivity contribution in [3.63, 3.8) is 0 Å². The summed E-state index contributed by atoms with van der Waals surface area (Å²) in [5, 5.41) is 10.4. The van der Waals surface area contributed by atoms with Gasteiger partial charge in [-0.1, -0.05) is 42.1 Å². The zero-order chi connectivity index (χ0) is 20.9. The van der Waals surface area contributed by atoms with Crippen molar-refractivity contribution in [3.8, 4) is 22.9 Å². The van der Waals surface area contributed by atoms with E-state index in [1.807, 2.05) is 54.6 Å². The molecule has 148 valence electrons. The first-order valence-corrected chi connectivity index (χ1v) is 10.2. The topological polar surface area (TPSA) is 85.5 Å². The minimum absolute atomic E-state index is 0.0507. The van der Waals surface area contributed by atoms with E-state index >= 15 is 0 Å². The molecule has 7 heteroatoms. The second-order valence-electron chi connectivity index (χ2n) is 6.67. The smallest absolute Gasteiger partial charge is 0.236 e. The van der Waals surface area contributed by atoms with E-state index in [0.29, 0.717) is 29.4 Å². The van der Waals surface area contributed by atoms with Crippen LogP contribution in [0.4, 0.5) is 11.5 Å². The molecule has 0 spiro atoms. The van der Waals surface area contributed by atoms with Gasteiger partial charge in [-0.2, -0.15) is 5.26 Å². The second kappa shape index (κ2) is 8.87. The molecule has 2 N–H and O–H groups in total. The predicted molar refractivity (Wildman–Crippen MR) is 115 cm³/mol. The van der Waals surface area contributed by atoms with Gasteiger partial charge in [-0.3, -0.25) is 0 Å². The molecule has 1 saturated heterocycles. The van der Waals surface area contributed by atoms with Crippen LogP contribution in [0.1, 0.15) is 12.0 Å². The van der Waals surface area contributed by atoms with Crippen LogP contribution in [0.2, 0.25) is 0 Å². The third-order valence-electron chi connectivity index (χ3n) is 4.68. The number of benzene rings is 2. The molecule has 1 aromatic heterocycles. The molecule has 0 radical (unpaired) electrons. The second-order valence-corrected chi connectivity index (χ2v) is 7.73. The van der Waals surface area contributed by atoms with Crippen LogP contribution >= 0.6 is 11.8 Å². The fourth-order valence-electron chi connectivity index (χ4n) is 3.24. The van der Waals surface area contributed by atoms with Crippen LogP contribution in [-0.4, -0.2) is 24.3 Å². The van der Waals surface area contributed by atoms with E-state index in [4.69, 9.17) is 21.8 Å². The van der Waals surface area contributed by atoms with Crippen molar-refractivity contribution in [1.29, 1.82) is 5.26 Å². The van der Waals surface area contributed by atoms with E-state index in [0.717, 1.165) is 22.6 Å². The number of hydrogen-bond donors (Lipinski definition) is 1. The molecular formula is C23H18N4O2S. The maximum absolute atomic E-state index is 9.91. The van der Waals surface area contributed by atoms with Crippen LogP contribution in [-0.2, 0) is 4.74 Å². The Labute approximate surface area is 179 Å². The van der Waals surface area contributed by atoms with Gasteiger partial charge in [0.1, 0.15) is 28.8 Å². The molecule has 0 bridgehead atoms. The minimum Gasteiger partial charge on any atom is -0.488 e. The first kappa shape index (κ1) is 19.8. The van der Waals surface area contributed by atoms with Crippen LogP contribution in [0.5, 0.6) is 5.75 Å². The van der Waals surface area contributed by atoms with Gasteiger partial charge in [-0.25, -0.2) is 9.83 Å². The highest BCUT2D eigenvalue weighted by molar-refractivity contribution is 7.99. The lowest BCUT2D eigenvalue weighted by Crippen LogP contribution is -2.15. The fraction of sp³-hybridized carbons (Fsp3) is 0.174. The molecule has 0 amide bonds. The zero-order valence-corrected chi connectivity index (χ0v) is 16.9. The molecule has 1 aliphatic heterocycles. The molecule has 30 heavy (non-hydrogen) atoms. The van der Waals surface area contributed by atoms with Gasteiger partial charge in [0.25, 0.3) is 0 Å². The van der Waals surface area contributed by atoms with Crippen molar-refractivity contribution < 1.29 is 9.47 Å². The first-order valence-electron chi connectivity index (χ1n) is 9.38. The lowest BCUT2D eigenvalue weighted by atomic mass is 10.00. The fourth-order valence-corrected chi connectivity index (χ4v) is 4.15. The SMILES string of the molecule is [C-]#[N+]c1c(N)nc(Sc2ccccc2)c(C#N)c1-c1ccc(OC2CCOC2)cc1. The third kappa shape index (κ3) is 4.08. The van der Waals surface area contributed by atoms with Crippen molar-refractivity contribution in [2.45, 2.75) is 22.4 Å². The highest BCUT2D eigenvalue weighted by atomic mass is 32.2. The van der Waals surface area contributed by atoms with E-state index < -0.39 is 0 Å².